The number of hydrogen-bond donors (Lipinski definition) is 0. The van der Waals surface area contributed by atoms with Crippen molar-refractivity contribution in [1.82, 2.24) is 0 Å². The van der Waals surface area contributed by atoms with Gasteiger partial charge in [-0.15, -0.1) is 0 Å². The summed E-state index contributed by atoms with van der Waals surface area (Å²) in [5.41, 5.74) is 0. The predicted octanol–water partition coefficient (Wildman–Crippen LogP) is 3.20. The molecule has 4 nitrogen and oxygen atoms in total. The van der Waals surface area contributed by atoms with Crippen LogP contribution in [0, 0.1) is 11.8 Å². The maximum absolute atomic E-state index is 6.41. The van der Waals surface area contributed by atoms with Crippen LogP contribution >= 0.6 is 0 Å². The minimum Gasteiger partial charge on any atom is -0.416 e. The molecule has 122 valence electrons. The van der Waals surface area contributed by atoms with Crippen LogP contribution in [0.2, 0.25) is 18.1 Å². The van der Waals surface area contributed by atoms with Crippen LogP contribution < -0.4 is 0 Å². The van der Waals surface area contributed by atoms with Gasteiger partial charge in [0.2, 0.25) is 0 Å². The summed E-state index contributed by atoms with van der Waals surface area (Å²) in [4.78, 5) is 0. The monoisotopic (exact) mass is 314 g/mol. The Morgan fingerprint density at radius 2 is 1.62 bits per heavy atom. The molecule has 2 aliphatic rings. The maximum Gasteiger partial charge on any atom is 0.191 e. The van der Waals surface area contributed by atoms with Gasteiger partial charge in [-0.2, -0.15) is 0 Å². The Balaban J connectivity index is 1.93. The lowest BCUT2D eigenvalue weighted by Gasteiger charge is -2.38. The van der Waals surface area contributed by atoms with Gasteiger partial charge in [0, 0.05) is 25.6 Å². The number of methoxy groups -OCH3 is 1. The molecular formula is C16H30O4Si. The van der Waals surface area contributed by atoms with E-state index in [0.29, 0.717) is 25.2 Å². The van der Waals surface area contributed by atoms with Gasteiger partial charge >= 0.3 is 0 Å². The summed E-state index contributed by atoms with van der Waals surface area (Å²) in [6, 6.07) is 0. The van der Waals surface area contributed by atoms with E-state index in [2.05, 4.69) is 46.0 Å². The van der Waals surface area contributed by atoms with Gasteiger partial charge in [-0.05, 0) is 18.1 Å². The van der Waals surface area contributed by atoms with Crippen LogP contribution in [0.15, 0.2) is 12.2 Å². The molecule has 2 rings (SSSR count). The first kappa shape index (κ1) is 17.2. The molecular weight excluding hydrogens is 284 g/mol. The highest BCUT2D eigenvalue weighted by atomic mass is 28.4. The molecule has 0 radical (unpaired) electrons. The molecule has 0 N–H and O–H groups in total. The van der Waals surface area contributed by atoms with Crippen molar-refractivity contribution in [1.29, 1.82) is 0 Å². The molecule has 0 aromatic heterocycles. The average Bonchev–Trinajstić information content (AvgIpc) is 2.96. The summed E-state index contributed by atoms with van der Waals surface area (Å²) >= 11 is 0. The molecule has 5 heteroatoms. The van der Waals surface area contributed by atoms with Crippen LogP contribution in [0.5, 0.6) is 0 Å². The standard InChI is InChI=1S/C16H30O4Si/c1-16(2,3)21(5,6)19-10-13-12(9-18-11-17-4)14-7-8-15(13)20-14/h7-8,12-15H,9-11H2,1-6H3/t12-,13-,14+,15-/m1/s1. The fourth-order valence-corrected chi connectivity index (χ4v) is 3.73. The summed E-state index contributed by atoms with van der Waals surface area (Å²) in [6.07, 6.45) is 4.71. The van der Waals surface area contributed by atoms with Crippen molar-refractivity contribution in [3.8, 4) is 0 Å². The van der Waals surface area contributed by atoms with Gasteiger partial charge in [-0.25, -0.2) is 0 Å². The van der Waals surface area contributed by atoms with E-state index in [1.54, 1.807) is 7.11 Å². The van der Waals surface area contributed by atoms with Gasteiger partial charge in [0.05, 0.1) is 18.8 Å². The molecule has 0 aromatic rings. The summed E-state index contributed by atoms with van der Waals surface area (Å²) in [5.74, 6) is 0.769. The number of ether oxygens (including phenoxy) is 3. The van der Waals surface area contributed by atoms with Crippen molar-refractivity contribution in [3.05, 3.63) is 12.2 Å². The Bertz CT molecular complexity index is 375. The molecule has 21 heavy (non-hydrogen) atoms. The Labute approximate surface area is 129 Å². The minimum absolute atomic E-state index is 0.180. The fourth-order valence-electron chi connectivity index (χ4n) is 2.69. The van der Waals surface area contributed by atoms with Crippen molar-refractivity contribution < 1.29 is 18.6 Å². The van der Waals surface area contributed by atoms with E-state index >= 15 is 0 Å². The third kappa shape index (κ3) is 3.77. The zero-order chi connectivity index (χ0) is 15.7. The molecule has 0 aromatic carbocycles. The fraction of sp³-hybridized carbons (Fsp3) is 0.875. The molecule has 0 spiro atoms. The van der Waals surface area contributed by atoms with Crippen LogP contribution in [0.25, 0.3) is 0 Å². The number of hydrogen-bond acceptors (Lipinski definition) is 4. The highest BCUT2D eigenvalue weighted by Crippen LogP contribution is 2.42. The van der Waals surface area contributed by atoms with E-state index in [0.717, 1.165) is 6.61 Å². The predicted molar refractivity (Wildman–Crippen MR) is 85.8 cm³/mol. The topological polar surface area (TPSA) is 36.9 Å². The van der Waals surface area contributed by atoms with Crippen LogP contribution in [-0.2, 0) is 18.6 Å². The van der Waals surface area contributed by atoms with Gasteiger partial charge in [-0.1, -0.05) is 32.9 Å². The second kappa shape index (κ2) is 6.50. The third-order valence-electron chi connectivity index (χ3n) is 5.15. The quantitative estimate of drug-likeness (QED) is 0.313. The minimum atomic E-state index is -1.71. The molecule has 4 atom stereocenters. The van der Waals surface area contributed by atoms with Gasteiger partial charge in [0.25, 0.3) is 0 Å². The normalized spacial score (nSPS) is 32.1. The lowest BCUT2D eigenvalue weighted by atomic mass is 9.84. The maximum atomic E-state index is 6.41. The Morgan fingerprint density at radius 3 is 2.14 bits per heavy atom. The van der Waals surface area contributed by atoms with E-state index in [-0.39, 0.29) is 17.2 Å². The molecule has 0 saturated carbocycles. The van der Waals surface area contributed by atoms with E-state index in [1.165, 1.54) is 0 Å². The molecule has 1 fully saturated rings. The van der Waals surface area contributed by atoms with Gasteiger partial charge in [-0.3, -0.25) is 0 Å². The number of fused-ring (bicyclic) bond motifs is 2. The molecule has 2 aliphatic heterocycles. The largest absolute Gasteiger partial charge is 0.416 e. The van der Waals surface area contributed by atoms with Gasteiger partial charge in [0.15, 0.2) is 8.32 Å². The highest BCUT2D eigenvalue weighted by molar-refractivity contribution is 6.74. The van der Waals surface area contributed by atoms with Crippen LogP contribution in [0.1, 0.15) is 20.8 Å². The molecule has 0 unspecified atom stereocenters. The lowest BCUT2D eigenvalue weighted by Crippen LogP contribution is -2.44. The van der Waals surface area contributed by atoms with Crippen molar-refractivity contribution in [3.63, 3.8) is 0 Å². The molecule has 0 aliphatic carbocycles. The molecule has 2 heterocycles. The average molecular weight is 314 g/mol. The molecule has 2 bridgehead atoms. The third-order valence-corrected chi connectivity index (χ3v) is 9.65. The SMILES string of the molecule is COCOC[C@@H]1[C@@H](CO[Si](C)(C)C(C)(C)C)[C@H]2C=C[C@@H]1O2. The second-order valence-electron chi connectivity index (χ2n) is 7.63. The van der Waals surface area contributed by atoms with Crippen LogP contribution in [0.4, 0.5) is 0 Å². The lowest BCUT2D eigenvalue weighted by molar-refractivity contribution is -0.0531. The summed E-state index contributed by atoms with van der Waals surface area (Å²) in [5, 5.41) is 0.239. The highest BCUT2D eigenvalue weighted by Gasteiger charge is 2.47. The van der Waals surface area contributed by atoms with Crippen molar-refractivity contribution >= 4 is 8.32 Å². The molecule has 0 amide bonds. The summed E-state index contributed by atoms with van der Waals surface area (Å²) < 4.78 is 22.9. The van der Waals surface area contributed by atoms with Crippen molar-refractivity contribution in [2.75, 3.05) is 27.1 Å². The first-order valence-electron chi connectivity index (χ1n) is 7.80. The van der Waals surface area contributed by atoms with Gasteiger partial charge in [0.1, 0.15) is 6.79 Å². The van der Waals surface area contributed by atoms with E-state index in [4.69, 9.17) is 18.6 Å². The van der Waals surface area contributed by atoms with E-state index in [9.17, 15) is 0 Å². The van der Waals surface area contributed by atoms with Crippen LogP contribution in [-0.4, -0.2) is 47.6 Å². The first-order valence-corrected chi connectivity index (χ1v) is 10.7. The van der Waals surface area contributed by atoms with E-state index in [1.807, 2.05) is 0 Å². The first-order chi connectivity index (χ1) is 9.76. The number of rotatable bonds is 7. The summed E-state index contributed by atoms with van der Waals surface area (Å²) in [6.45, 7) is 13.2. The van der Waals surface area contributed by atoms with Crippen molar-refractivity contribution in [2.24, 2.45) is 11.8 Å². The zero-order valence-electron chi connectivity index (χ0n) is 14.2. The van der Waals surface area contributed by atoms with Crippen molar-refractivity contribution in [2.45, 2.75) is 51.1 Å². The van der Waals surface area contributed by atoms with Crippen LogP contribution in [0.3, 0.4) is 0 Å². The second-order valence-corrected chi connectivity index (χ2v) is 12.4. The molecule has 1 saturated heterocycles. The van der Waals surface area contributed by atoms with Gasteiger partial charge < -0.3 is 18.6 Å². The zero-order valence-corrected chi connectivity index (χ0v) is 15.2. The Kier molecular flexibility index (Phi) is 5.31. The Hall–Kier alpha value is -0.203. The smallest absolute Gasteiger partial charge is 0.191 e. The Morgan fingerprint density at radius 1 is 1.05 bits per heavy atom. The summed E-state index contributed by atoms with van der Waals surface area (Å²) in [7, 11) is -0.0648. The van der Waals surface area contributed by atoms with E-state index < -0.39 is 8.32 Å².